The molecule has 5 heteroatoms. The van der Waals surface area contributed by atoms with Crippen molar-refractivity contribution in [3.05, 3.63) is 58.6 Å². The lowest BCUT2D eigenvalue weighted by Gasteiger charge is -2.00. The van der Waals surface area contributed by atoms with Crippen LogP contribution >= 0.6 is 22.9 Å². The molecule has 0 unspecified atom stereocenters. The van der Waals surface area contributed by atoms with Gasteiger partial charge in [-0.2, -0.15) is 0 Å². The van der Waals surface area contributed by atoms with Crippen LogP contribution in [0.25, 0.3) is 22.0 Å². The third-order valence-corrected chi connectivity index (χ3v) is 4.10. The minimum absolute atomic E-state index is 0.548. The highest BCUT2D eigenvalue weighted by Gasteiger charge is 2.10. The Morgan fingerprint density at radius 1 is 1.15 bits per heavy atom. The van der Waals surface area contributed by atoms with Gasteiger partial charge in [0.25, 0.3) is 0 Å². The Labute approximate surface area is 126 Å². The Balaban J connectivity index is 1.95. The third kappa shape index (κ3) is 2.58. The summed E-state index contributed by atoms with van der Waals surface area (Å²) >= 11 is 7.68. The van der Waals surface area contributed by atoms with Crippen molar-refractivity contribution in [3.8, 4) is 22.0 Å². The normalized spacial score (nSPS) is 10.7. The number of halogens is 1. The Bertz CT molecular complexity index is 722. The van der Waals surface area contributed by atoms with Crippen LogP contribution in [0.2, 0.25) is 5.02 Å². The van der Waals surface area contributed by atoms with Gasteiger partial charge in [0.2, 0.25) is 0 Å². The van der Waals surface area contributed by atoms with Gasteiger partial charge in [0.05, 0.1) is 10.7 Å². The van der Waals surface area contributed by atoms with E-state index < -0.39 is 0 Å². The summed E-state index contributed by atoms with van der Waals surface area (Å²) < 4.78 is 0. The smallest absolute Gasteiger partial charge is 0.144 e. The average Bonchev–Trinajstić information content (AvgIpc) is 2.97. The molecule has 0 saturated carbocycles. The van der Waals surface area contributed by atoms with E-state index in [1.165, 1.54) is 11.3 Å². The van der Waals surface area contributed by atoms with Crippen LogP contribution in [0.5, 0.6) is 0 Å². The summed E-state index contributed by atoms with van der Waals surface area (Å²) in [7, 11) is 0. The fourth-order valence-corrected chi connectivity index (χ4v) is 2.97. The molecule has 0 spiro atoms. The number of rotatable bonds is 3. The van der Waals surface area contributed by atoms with Crippen LogP contribution < -0.4 is 5.73 Å². The van der Waals surface area contributed by atoms with Crippen molar-refractivity contribution in [1.82, 2.24) is 9.97 Å². The van der Waals surface area contributed by atoms with Crippen LogP contribution in [0.4, 0.5) is 0 Å². The predicted molar refractivity (Wildman–Crippen MR) is 83.7 cm³/mol. The largest absolute Gasteiger partial charge is 0.326 e. The SMILES string of the molecule is NCc1ccc(-c2csc(-c3ncccc3Cl)n2)cc1. The van der Waals surface area contributed by atoms with E-state index in [0.29, 0.717) is 11.6 Å². The lowest BCUT2D eigenvalue weighted by atomic mass is 10.1. The zero-order valence-electron chi connectivity index (χ0n) is 10.6. The maximum absolute atomic E-state index is 6.14. The fraction of sp³-hybridized carbons (Fsp3) is 0.0667. The predicted octanol–water partition coefficient (Wildman–Crippen LogP) is 3.98. The van der Waals surface area contributed by atoms with Crippen LogP contribution in [0.15, 0.2) is 48.0 Å². The van der Waals surface area contributed by atoms with Crippen molar-refractivity contribution in [2.45, 2.75) is 6.54 Å². The lowest BCUT2D eigenvalue weighted by Crippen LogP contribution is -1.95. The van der Waals surface area contributed by atoms with Gasteiger partial charge in [-0.1, -0.05) is 35.9 Å². The summed E-state index contributed by atoms with van der Waals surface area (Å²) in [5.41, 5.74) is 9.43. The average molecular weight is 302 g/mol. The Morgan fingerprint density at radius 2 is 1.95 bits per heavy atom. The van der Waals surface area contributed by atoms with Gasteiger partial charge >= 0.3 is 0 Å². The van der Waals surface area contributed by atoms with Gasteiger partial charge in [-0.05, 0) is 17.7 Å². The lowest BCUT2D eigenvalue weighted by molar-refractivity contribution is 1.07. The summed E-state index contributed by atoms with van der Waals surface area (Å²) in [4.78, 5) is 8.89. The summed E-state index contributed by atoms with van der Waals surface area (Å²) in [5, 5.41) is 3.46. The van der Waals surface area contributed by atoms with Gasteiger partial charge in [0, 0.05) is 23.7 Å². The monoisotopic (exact) mass is 301 g/mol. The van der Waals surface area contributed by atoms with Gasteiger partial charge < -0.3 is 5.73 Å². The molecule has 1 aromatic carbocycles. The molecule has 0 fully saturated rings. The highest BCUT2D eigenvalue weighted by atomic mass is 35.5. The van der Waals surface area contributed by atoms with Crippen molar-refractivity contribution in [3.63, 3.8) is 0 Å². The summed E-state index contributed by atoms with van der Waals surface area (Å²) in [6.07, 6.45) is 1.72. The van der Waals surface area contributed by atoms with Gasteiger partial charge in [-0.15, -0.1) is 11.3 Å². The van der Waals surface area contributed by atoms with Gasteiger partial charge in [-0.25, -0.2) is 4.98 Å². The summed E-state index contributed by atoms with van der Waals surface area (Å²) in [6, 6.07) is 11.7. The standard InChI is InChI=1S/C15H12ClN3S/c16-12-2-1-7-18-14(12)15-19-13(9-20-15)11-5-3-10(8-17)4-6-11/h1-7,9H,8,17H2. The number of nitrogens with two attached hydrogens (primary N) is 1. The summed E-state index contributed by atoms with van der Waals surface area (Å²) in [6.45, 7) is 0.548. The first-order valence-corrected chi connectivity index (χ1v) is 7.39. The van der Waals surface area contributed by atoms with Crippen LogP contribution in [-0.2, 0) is 6.54 Å². The number of pyridine rings is 1. The van der Waals surface area contributed by atoms with Gasteiger partial charge in [0.15, 0.2) is 0 Å². The zero-order chi connectivity index (χ0) is 13.9. The number of aromatic nitrogens is 2. The van der Waals surface area contributed by atoms with E-state index in [-0.39, 0.29) is 0 Å². The molecule has 100 valence electrons. The Kier molecular flexibility index (Phi) is 3.78. The van der Waals surface area contributed by atoms with E-state index in [1.54, 1.807) is 6.20 Å². The van der Waals surface area contributed by atoms with Crippen LogP contribution in [0.3, 0.4) is 0 Å². The summed E-state index contributed by atoms with van der Waals surface area (Å²) in [5.74, 6) is 0. The molecule has 2 aromatic heterocycles. The van der Waals surface area contributed by atoms with Crippen molar-refractivity contribution in [2.24, 2.45) is 5.73 Å². The van der Waals surface area contributed by atoms with Crippen LogP contribution in [-0.4, -0.2) is 9.97 Å². The first-order chi connectivity index (χ1) is 9.78. The molecule has 0 aliphatic heterocycles. The van der Waals surface area contributed by atoms with Gasteiger partial charge in [-0.3, -0.25) is 4.98 Å². The van der Waals surface area contributed by atoms with E-state index in [0.717, 1.165) is 27.5 Å². The molecule has 0 bridgehead atoms. The van der Waals surface area contributed by atoms with E-state index in [2.05, 4.69) is 9.97 Å². The molecule has 0 radical (unpaired) electrons. The molecule has 3 rings (SSSR count). The molecule has 3 nitrogen and oxygen atoms in total. The number of thiazole rings is 1. The van der Waals surface area contributed by atoms with E-state index in [4.69, 9.17) is 17.3 Å². The molecular formula is C15H12ClN3S. The molecule has 0 atom stereocenters. The molecule has 0 saturated heterocycles. The molecule has 0 aliphatic rings. The van der Waals surface area contributed by atoms with E-state index >= 15 is 0 Å². The van der Waals surface area contributed by atoms with Crippen molar-refractivity contribution in [2.75, 3.05) is 0 Å². The molecular weight excluding hydrogens is 290 g/mol. The maximum Gasteiger partial charge on any atom is 0.144 e. The van der Waals surface area contributed by atoms with E-state index in [9.17, 15) is 0 Å². The van der Waals surface area contributed by atoms with Gasteiger partial charge in [0.1, 0.15) is 10.7 Å². The van der Waals surface area contributed by atoms with Crippen molar-refractivity contribution in [1.29, 1.82) is 0 Å². The number of hydrogen-bond donors (Lipinski definition) is 1. The van der Waals surface area contributed by atoms with Crippen LogP contribution in [0.1, 0.15) is 5.56 Å². The second-order valence-electron chi connectivity index (χ2n) is 4.27. The Hall–Kier alpha value is -1.75. The van der Waals surface area contributed by atoms with Crippen molar-refractivity contribution >= 4 is 22.9 Å². The number of benzene rings is 1. The molecule has 3 aromatic rings. The minimum atomic E-state index is 0.548. The zero-order valence-corrected chi connectivity index (χ0v) is 12.2. The highest BCUT2D eigenvalue weighted by Crippen LogP contribution is 2.31. The second kappa shape index (κ2) is 5.71. The fourth-order valence-electron chi connectivity index (χ4n) is 1.87. The second-order valence-corrected chi connectivity index (χ2v) is 5.54. The first-order valence-electron chi connectivity index (χ1n) is 6.14. The number of nitrogens with zero attached hydrogens (tertiary/aromatic N) is 2. The topological polar surface area (TPSA) is 51.8 Å². The van der Waals surface area contributed by atoms with E-state index in [1.807, 2.05) is 41.8 Å². The molecule has 0 amide bonds. The molecule has 20 heavy (non-hydrogen) atoms. The number of hydrogen-bond acceptors (Lipinski definition) is 4. The molecule has 2 heterocycles. The quantitative estimate of drug-likeness (QED) is 0.796. The highest BCUT2D eigenvalue weighted by molar-refractivity contribution is 7.13. The molecule has 2 N–H and O–H groups in total. The minimum Gasteiger partial charge on any atom is -0.326 e. The first kappa shape index (κ1) is 13.2. The third-order valence-electron chi connectivity index (χ3n) is 2.95. The van der Waals surface area contributed by atoms with Crippen molar-refractivity contribution < 1.29 is 0 Å². The van der Waals surface area contributed by atoms with Crippen LogP contribution in [0, 0.1) is 0 Å². The maximum atomic E-state index is 6.14. The Morgan fingerprint density at radius 3 is 2.65 bits per heavy atom. The molecule has 0 aliphatic carbocycles.